The fourth-order valence-corrected chi connectivity index (χ4v) is 4.31. The molecule has 0 bridgehead atoms. The Morgan fingerprint density at radius 2 is 1.78 bits per heavy atom. The van der Waals surface area contributed by atoms with Gasteiger partial charge in [-0.05, 0) is 57.7 Å². The number of nitrogens with two attached hydrogens (primary N) is 1. The molecular formula is C27H40N4O6. The van der Waals surface area contributed by atoms with Crippen LogP contribution in [-0.4, -0.2) is 58.1 Å². The summed E-state index contributed by atoms with van der Waals surface area (Å²) in [6, 6.07) is 3.78. The first kappa shape index (κ1) is 29.7. The number of nitrogens with one attached hydrogen (secondary N) is 2. The topological polar surface area (TPSA) is 151 Å². The van der Waals surface area contributed by atoms with Crippen LogP contribution >= 0.6 is 0 Å². The molecule has 0 radical (unpaired) electrons. The molecule has 2 atom stereocenters. The highest BCUT2D eigenvalue weighted by Crippen LogP contribution is 2.26. The van der Waals surface area contributed by atoms with E-state index in [4.69, 9.17) is 10.5 Å². The minimum Gasteiger partial charge on any atom is -0.508 e. The maximum Gasteiger partial charge on any atom is 0.408 e. The van der Waals surface area contributed by atoms with Gasteiger partial charge in [0.15, 0.2) is 0 Å². The molecule has 1 saturated carbocycles. The second-order valence-corrected chi connectivity index (χ2v) is 10.3. The molecule has 1 aromatic carbocycles. The van der Waals surface area contributed by atoms with Gasteiger partial charge in [0.2, 0.25) is 17.7 Å². The molecule has 0 spiro atoms. The lowest BCUT2D eigenvalue weighted by atomic mass is 9.94. The summed E-state index contributed by atoms with van der Waals surface area (Å²) in [4.78, 5) is 52.8. The molecule has 1 fully saturated rings. The molecule has 5 N–H and O–H groups in total. The van der Waals surface area contributed by atoms with E-state index < -0.39 is 35.6 Å². The predicted molar refractivity (Wildman–Crippen MR) is 139 cm³/mol. The summed E-state index contributed by atoms with van der Waals surface area (Å²) in [5.41, 5.74) is 4.98. The number of hydrogen-bond donors (Lipinski definition) is 4. The molecule has 4 amide bonds. The Balaban J connectivity index is 2.41. The van der Waals surface area contributed by atoms with Crippen LogP contribution in [0.25, 0.3) is 0 Å². The smallest absolute Gasteiger partial charge is 0.408 e. The lowest BCUT2D eigenvalue weighted by Crippen LogP contribution is -2.54. The standard InChI is InChI=1S/C27H40N4O6/c1-5-17-31(25(35)21(15-16-22(28)33)30-26(36)37-27(2,3)4)23(18-11-13-20(32)14-12-18)24(34)29-19-9-7-6-8-10-19/h5,11-14,19,21,23,32H,1,6-10,15-17H2,2-4H3,(H2,28,33)(H,29,34)(H,30,36). The molecule has 1 aliphatic carbocycles. The van der Waals surface area contributed by atoms with E-state index >= 15 is 0 Å². The highest BCUT2D eigenvalue weighted by Gasteiger charge is 2.36. The summed E-state index contributed by atoms with van der Waals surface area (Å²) in [7, 11) is 0. The molecule has 0 heterocycles. The van der Waals surface area contributed by atoms with Crippen molar-refractivity contribution in [3.05, 3.63) is 42.5 Å². The van der Waals surface area contributed by atoms with E-state index in [1.54, 1.807) is 32.9 Å². The number of nitrogens with zero attached hydrogens (tertiary/aromatic N) is 1. The first-order valence-corrected chi connectivity index (χ1v) is 12.7. The Morgan fingerprint density at radius 1 is 1.16 bits per heavy atom. The molecule has 0 aliphatic heterocycles. The lowest BCUT2D eigenvalue weighted by Gasteiger charge is -2.35. The Morgan fingerprint density at radius 3 is 2.32 bits per heavy atom. The first-order chi connectivity index (χ1) is 17.4. The van der Waals surface area contributed by atoms with Crippen molar-refractivity contribution in [1.82, 2.24) is 15.5 Å². The van der Waals surface area contributed by atoms with Gasteiger partial charge in [-0.25, -0.2) is 4.79 Å². The van der Waals surface area contributed by atoms with Gasteiger partial charge in [-0.15, -0.1) is 6.58 Å². The van der Waals surface area contributed by atoms with Crippen LogP contribution in [0.15, 0.2) is 36.9 Å². The van der Waals surface area contributed by atoms with Crippen LogP contribution in [0.1, 0.15) is 77.3 Å². The molecule has 0 aromatic heterocycles. The summed E-state index contributed by atoms with van der Waals surface area (Å²) >= 11 is 0. The van der Waals surface area contributed by atoms with Gasteiger partial charge in [-0.2, -0.15) is 0 Å². The minimum absolute atomic E-state index is 0.00732. The van der Waals surface area contributed by atoms with E-state index in [2.05, 4.69) is 17.2 Å². The summed E-state index contributed by atoms with van der Waals surface area (Å²) in [6.07, 6.45) is 5.26. The highest BCUT2D eigenvalue weighted by atomic mass is 16.6. The Labute approximate surface area is 218 Å². The van der Waals surface area contributed by atoms with E-state index in [9.17, 15) is 24.3 Å². The number of primary amides is 1. The van der Waals surface area contributed by atoms with Gasteiger partial charge in [0.1, 0.15) is 23.4 Å². The van der Waals surface area contributed by atoms with Crippen molar-refractivity contribution >= 4 is 23.8 Å². The number of benzene rings is 1. The van der Waals surface area contributed by atoms with Crippen LogP contribution in [0.5, 0.6) is 5.75 Å². The number of ether oxygens (including phenoxy) is 1. The number of carbonyl (C=O) groups is 4. The van der Waals surface area contributed by atoms with Crippen molar-refractivity contribution < 1.29 is 29.0 Å². The van der Waals surface area contributed by atoms with Crippen molar-refractivity contribution in [3.8, 4) is 5.75 Å². The number of amides is 4. The Hall–Kier alpha value is -3.56. The third kappa shape index (κ3) is 9.78. The van der Waals surface area contributed by atoms with E-state index in [0.717, 1.165) is 32.1 Å². The first-order valence-electron chi connectivity index (χ1n) is 12.7. The molecule has 10 nitrogen and oxygen atoms in total. The molecule has 204 valence electrons. The van der Waals surface area contributed by atoms with E-state index in [-0.39, 0.29) is 37.1 Å². The van der Waals surface area contributed by atoms with E-state index in [1.807, 2.05) is 0 Å². The second kappa shape index (κ2) is 13.7. The molecule has 2 unspecified atom stereocenters. The predicted octanol–water partition coefficient (Wildman–Crippen LogP) is 3.06. The molecule has 37 heavy (non-hydrogen) atoms. The van der Waals surface area contributed by atoms with Gasteiger partial charge in [-0.1, -0.05) is 37.5 Å². The van der Waals surface area contributed by atoms with Crippen molar-refractivity contribution in [3.63, 3.8) is 0 Å². The fourth-order valence-electron chi connectivity index (χ4n) is 4.31. The normalized spacial score (nSPS) is 15.6. The summed E-state index contributed by atoms with van der Waals surface area (Å²) in [6.45, 7) is 8.79. The van der Waals surface area contributed by atoms with Gasteiger partial charge in [-0.3, -0.25) is 14.4 Å². The highest BCUT2D eigenvalue weighted by molar-refractivity contribution is 5.92. The average molecular weight is 517 g/mol. The van der Waals surface area contributed by atoms with Crippen LogP contribution in [-0.2, 0) is 19.1 Å². The molecule has 2 rings (SSSR count). The van der Waals surface area contributed by atoms with E-state index in [0.29, 0.717) is 5.56 Å². The monoisotopic (exact) mass is 516 g/mol. The van der Waals surface area contributed by atoms with Crippen LogP contribution in [0.3, 0.4) is 0 Å². The van der Waals surface area contributed by atoms with Gasteiger partial charge in [0.05, 0.1) is 0 Å². The van der Waals surface area contributed by atoms with Crippen LogP contribution in [0, 0.1) is 0 Å². The fraction of sp³-hybridized carbons (Fsp3) is 0.556. The lowest BCUT2D eigenvalue weighted by molar-refractivity contribution is -0.142. The number of aromatic hydroxyl groups is 1. The summed E-state index contributed by atoms with van der Waals surface area (Å²) in [5, 5.41) is 15.4. The zero-order valence-corrected chi connectivity index (χ0v) is 22.0. The molecule has 1 aromatic rings. The largest absolute Gasteiger partial charge is 0.508 e. The number of phenols is 1. The van der Waals surface area contributed by atoms with Gasteiger partial charge >= 0.3 is 6.09 Å². The number of phenolic OH excluding ortho intramolecular Hbond substituents is 1. The van der Waals surface area contributed by atoms with Crippen molar-refractivity contribution in [2.45, 2.75) is 89.4 Å². The molecule has 1 aliphatic rings. The second-order valence-electron chi connectivity index (χ2n) is 10.3. The van der Waals surface area contributed by atoms with Crippen LogP contribution in [0.2, 0.25) is 0 Å². The summed E-state index contributed by atoms with van der Waals surface area (Å²) < 4.78 is 5.31. The van der Waals surface area contributed by atoms with Gasteiger partial charge < -0.3 is 31.1 Å². The van der Waals surface area contributed by atoms with Crippen LogP contribution < -0.4 is 16.4 Å². The number of carbonyl (C=O) groups excluding carboxylic acids is 4. The minimum atomic E-state index is -1.18. The number of rotatable bonds is 11. The molecule has 0 saturated heterocycles. The number of alkyl carbamates (subject to hydrolysis) is 1. The third-order valence-electron chi connectivity index (χ3n) is 6.00. The van der Waals surface area contributed by atoms with Crippen molar-refractivity contribution in [1.29, 1.82) is 0 Å². The molecular weight excluding hydrogens is 476 g/mol. The van der Waals surface area contributed by atoms with E-state index in [1.165, 1.54) is 23.1 Å². The SMILES string of the molecule is C=CCN(C(=O)C(CCC(N)=O)NC(=O)OC(C)(C)C)C(C(=O)NC1CCCCC1)c1ccc(O)cc1. The van der Waals surface area contributed by atoms with Crippen molar-refractivity contribution in [2.75, 3.05) is 6.54 Å². The quantitative estimate of drug-likeness (QED) is 0.332. The van der Waals surface area contributed by atoms with Gasteiger partial charge in [0, 0.05) is 19.0 Å². The average Bonchev–Trinajstić information content (AvgIpc) is 2.81. The zero-order chi connectivity index (χ0) is 27.6. The maximum absolute atomic E-state index is 13.9. The Kier molecular flexibility index (Phi) is 11.0. The Bertz CT molecular complexity index is 951. The number of hydrogen-bond acceptors (Lipinski definition) is 6. The van der Waals surface area contributed by atoms with Gasteiger partial charge in [0.25, 0.3) is 0 Å². The third-order valence-corrected chi connectivity index (χ3v) is 6.00. The maximum atomic E-state index is 13.9. The zero-order valence-electron chi connectivity index (χ0n) is 22.0. The summed E-state index contributed by atoms with van der Waals surface area (Å²) in [5.74, 6) is -1.59. The van der Waals surface area contributed by atoms with Crippen molar-refractivity contribution in [2.24, 2.45) is 5.73 Å². The molecule has 10 heteroatoms. The van der Waals surface area contributed by atoms with Crippen LogP contribution in [0.4, 0.5) is 4.79 Å².